The normalized spacial score (nSPS) is 10.8. The Hall–Kier alpha value is -3.32. The van der Waals surface area contributed by atoms with Crippen molar-refractivity contribution in [3.05, 3.63) is 77.7 Å². The Labute approximate surface area is 171 Å². The SMILES string of the molecule is CCOC(=O)Cc1csc(-c2cnn(-c3ccccc3)c2-c2ccc(F)cc2)n1. The second-order valence-electron chi connectivity index (χ2n) is 6.29. The molecule has 0 N–H and O–H groups in total. The van der Waals surface area contributed by atoms with E-state index in [1.807, 2.05) is 40.4 Å². The lowest BCUT2D eigenvalue weighted by atomic mass is 10.1. The molecule has 0 spiro atoms. The second kappa shape index (κ2) is 8.36. The van der Waals surface area contributed by atoms with Crippen LogP contribution in [0.4, 0.5) is 4.39 Å². The Kier molecular flexibility index (Phi) is 5.48. The molecule has 4 aromatic rings. The van der Waals surface area contributed by atoms with E-state index >= 15 is 0 Å². The number of hydrogen-bond acceptors (Lipinski definition) is 5. The summed E-state index contributed by atoms with van der Waals surface area (Å²) in [4.78, 5) is 16.4. The smallest absolute Gasteiger partial charge is 0.311 e. The molecule has 0 amide bonds. The van der Waals surface area contributed by atoms with Crippen molar-refractivity contribution < 1.29 is 13.9 Å². The van der Waals surface area contributed by atoms with Crippen LogP contribution in [0, 0.1) is 5.82 Å². The van der Waals surface area contributed by atoms with E-state index in [-0.39, 0.29) is 18.2 Å². The predicted octanol–water partition coefficient (Wildman–Crippen LogP) is 4.91. The molecule has 0 aliphatic heterocycles. The Morgan fingerprint density at radius 2 is 1.90 bits per heavy atom. The molecule has 0 unspecified atom stereocenters. The summed E-state index contributed by atoms with van der Waals surface area (Å²) >= 11 is 1.44. The van der Waals surface area contributed by atoms with Gasteiger partial charge in [-0.15, -0.1) is 11.3 Å². The van der Waals surface area contributed by atoms with Crippen LogP contribution in [-0.4, -0.2) is 27.3 Å². The fraction of sp³-hybridized carbons (Fsp3) is 0.136. The van der Waals surface area contributed by atoms with Crippen LogP contribution in [0.25, 0.3) is 27.5 Å². The Balaban J connectivity index is 1.78. The minimum atomic E-state index is -0.303. The van der Waals surface area contributed by atoms with Gasteiger partial charge in [-0.05, 0) is 43.3 Å². The minimum absolute atomic E-state index is 0.128. The zero-order chi connectivity index (χ0) is 20.2. The molecule has 0 radical (unpaired) electrons. The summed E-state index contributed by atoms with van der Waals surface area (Å²) in [5.41, 5.74) is 4.00. The molecule has 4 rings (SSSR count). The van der Waals surface area contributed by atoms with Crippen LogP contribution < -0.4 is 0 Å². The average Bonchev–Trinajstić information content (AvgIpc) is 3.36. The van der Waals surface area contributed by atoms with E-state index in [2.05, 4.69) is 10.1 Å². The number of carbonyl (C=O) groups is 1. The molecule has 0 bridgehead atoms. The van der Waals surface area contributed by atoms with Gasteiger partial charge in [0.25, 0.3) is 0 Å². The number of thiazole rings is 1. The van der Waals surface area contributed by atoms with Crippen molar-refractivity contribution in [3.8, 4) is 27.5 Å². The summed E-state index contributed by atoms with van der Waals surface area (Å²) < 4.78 is 20.3. The van der Waals surface area contributed by atoms with E-state index in [1.54, 1.807) is 25.3 Å². The molecule has 0 fully saturated rings. The van der Waals surface area contributed by atoms with Gasteiger partial charge in [0, 0.05) is 10.9 Å². The number of nitrogens with zero attached hydrogens (tertiary/aromatic N) is 3. The highest BCUT2D eigenvalue weighted by atomic mass is 32.1. The molecule has 0 atom stereocenters. The van der Waals surface area contributed by atoms with E-state index in [4.69, 9.17) is 4.74 Å². The number of carbonyl (C=O) groups excluding carboxylic acids is 1. The van der Waals surface area contributed by atoms with Crippen LogP contribution in [0.3, 0.4) is 0 Å². The lowest BCUT2D eigenvalue weighted by molar-refractivity contribution is -0.142. The summed E-state index contributed by atoms with van der Waals surface area (Å²) in [6.45, 7) is 2.12. The van der Waals surface area contributed by atoms with Crippen molar-refractivity contribution in [2.75, 3.05) is 6.61 Å². The molecule has 2 aromatic carbocycles. The molecular weight excluding hydrogens is 389 g/mol. The topological polar surface area (TPSA) is 57.0 Å². The Bertz CT molecular complexity index is 1120. The van der Waals surface area contributed by atoms with E-state index < -0.39 is 0 Å². The van der Waals surface area contributed by atoms with Crippen LogP contribution in [0.15, 0.2) is 66.2 Å². The third-order valence-electron chi connectivity index (χ3n) is 4.30. The zero-order valence-electron chi connectivity index (χ0n) is 15.7. The molecule has 0 saturated heterocycles. The number of aromatic nitrogens is 3. The maximum absolute atomic E-state index is 13.5. The Morgan fingerprint density at radius 1 is 1.14 bits per heavy atom. The van der Waals surface area contributed by atoms with Gasteiger partial charge >= 0.3 is 5.97 Å². The molecule has 2 aromatic heterocycles. The predicted molar refractivity (Wildman–Crippen MR) is 110 cm³/mol. The largest absolute Gasteiger partial charge is 0.466 e. The van der Waals surface area contributed by atoms with Crippen molar-refractivity contribution in [2.24, 2.45) is 0 Å². The Morgan fingerprint density at radius 3 is 2.62 bits per heavy atom. The number of benzene rings is 2. The molecular formula is C22H18FN3O2S. The van der Waals surface area contributed by atoms with E-state index in [1.165, 1.54) is 23.5 Å². The second-order valence-corrected chi connectivity index (χ2v) is 7.14. The van der Waals surface area contributed by atoms with Crippen LogP contribution >= 0.6 is 11.3 Å². The van der Waals surface area contributed by atoms with Crippen molar-refractivity contribution in [2.45, 2.75) is 13.3 Å². The van der Waals surface area contributed by atoms with Crippen molar-refractivity contribution in [1.82, 2.24) is 14.8 Å². The fourth-order valence-corrected chi connectivity index (χ4v) is 3.86. The number of para-hydroxylation sites is 1. The number of halogens is 1. The van der Waals surface area contributed by atoms with Gasteiger partial charge in [0.05, 0.1) is 41.9 Å². The van der Waals surface area contributed by atoms with Gasteiger partial charge < -0.3 is 4.74 Å². The summed E-state index contributed by atoms with van der Waals surface area (Å²) in [6, 6.07) is 16.0. The maximum atomic E-state index is 13.5. The standard InChI is InChI=1S/C22H18FN3O2S/c1-2-28-20(27)12-17-14-29-22(25-17)19-13-24-26(18-6-4-3-5-7-18)21(19)15-8-10-16(23)11-9-15/h3-11,13-14H,2,12H2,1H3. The van der Waals surface area contributed by atoms with Crippen LogP contribution in [0.1, 0.15) is 12.6 Å². The summed E-state index contributed by atoms with van der Waals surface area (Å²) in [5.74, 6) is -0.602. The number of rotatable bonds is 6. The molecule has 0 aliphatic carbocycles. The van der Waals surface area contributed by atoms with Crippen LogP contribution in [0.5, 0.6) is 0 Å². The van der Waals surface area contributed by atoms with Crippen molar-refractivity contribution in [1.29, 1.82) is 0 Å². The van der Waals surface area contributed by atoms with Gasteiger partial charge in [-0.3, -0.25) is 4.79 Å². The molecule has 29 heavy (non-hydrogen) atoms. The third-order valence-corrected chi connectivity index (χ3v) is 5.22. The first-order valence-electron chi connectivity index (χ1n) is 9.15. The van der Waals surface area contributed by atoms with Gasteiger partial charge in [-0.25, -0.2) is 14.1 Å². The molecule has 0 aliphatic rings. The third kappa shape index (κ3) is 4.09. The summed E-state index contributed by atoms with van der Waals surface area (Å²) in [6.07, 6.45) is 1.88. The number of ether oxygens (including phenoxy) is 1. The first-order chi connectivity index (χ1) is 14.2. The summed E-state index contributed by atoms with van der Waals surface area (Å²) in [5, 5.41) is 7.15. The molecule has 2 heterocycles. The van der Waals surface area contributed by atoms with Gasteiger partial charge in [-0.1, -0.05) is 18.2 Å². The fourth-order valence-electron chi connectivity index (χ4n) is 3.03. The zero-order valence-corrected chi connectivity index (χ0v) is 16.5. The highest BCUT2D eigenvalue weighted by Crippen LogP contribution is 2.35. The van der Waals surface area contributed by atoms with Gasteiger partial charge in [0.15, 0.2) is 0 Å². The lowest BCUT2D eigenvalue weighted by Crippen LogP contribution is -2.07. The van der Waals surface area contributed by atoms with E-state index in [0.717, 1.165) is 27.5 Å². The molecule has 7 heteroatoms. The van der Waals surface area contributed by atoms with Crippen LogP contribution in [-0.2, 0) is 16.0 Å². The van der Waals surface area contributed by atoms with Gasteiger partial charge in [0.1, 0.15) is 10.8 Å². The highest BCUT2D eigenvalue weighted by Gasteiger charge is 2.19. The molecule has 5 nitrogen and oxygen atoms in total. The maximum Gasteiger partial charge on any atom is 0.311 e. The van der Waals surface area contributed by atoms with E-state index in [0.29, 0.717) is 12.3 Å². The number of esters is 1. The van der Waals surface area contributed by atoms with E-state index in [9.17, 15) is 9.18 Å². The molecule has 0 saturated carbocycles. The average molecular weight is 407 g/mol. The lowest BCUT2D eigenvalue weighted by Gasteiger charge is -2.09. The van der Waals surface area contributed by atoms with Gasteiger partial charge in [-0.2, -0.15) is 5.10 Å². The monoisotopic (exact) mass is 407 g/mol. The first kappa shape index (κ1) is 19.0. The van der Waals surface area contributed by atoms with Gasteiger partial charge in [0.2, 0.25) is 0 Å². The molecule has 146 valence electrons. The van der Waals surface area contributed by atoms with Crippen LogP contribution in [0.2, 0.25) is 0 Å². The summed E-state index contributed by atoms with van der Waals surface area (Å²) in [7, 11) is 0. The van der Waals surface area contributed by atoms with Crippen molar-refractivity contribution >= 4 is 17.3 Å². The quantitative estimate of drug-likeness (QED) is 0.426. The minimum Gasteiger partial charge on any atom is -0.466 e. The number of hydrogen-bond donors (Lipinski definition) is 0. The van der Waals surface area contributed by atoms with Crippen molar-refractivity contribution in [3.63, 3.8) is 0 Å². The highest BCUT2D eigenvalue weighted by molar-refractivity contribution is 7.13. The first-order valence-corrected chi connectivity index (χ1v) is 10.0.